The number of aliphatic hydroxyl groups is 1. The first kappa shape index (κ1) is 18.2. The van der Waals surface area contributed by atoms with Crippen molar-refractivity contribution in [2.45, 2.75) is 18.4 Å². The molecule has 0 aromatic heterocycles. The van der Waals surface area contributed by atoms with E-state index in [0.717, 1.165) is 0 Å². The van der Waals surface area contributed by atoms with Crippen LogP contribution < -0.4 is 4.74 Å². The van der Waals surface area contributed by atoms with Gasteiger partial charge in [-0.15, -0.1) is 0 Å². The summed E-state index contributed by atoms with van der Waals surface area (Å²) in [6.07, 6.45) is 0.0737. The van der Waals surface area contributed by atoms with E-state index in [1.54, 1.807) is 37.4 Å². The number of nitrogens with zero attached hydrogens (tertiary/aromatic N) is 1. The van der Waals surface area contributed by atoms with Crippen molar-refractivity contribution in [1.29, 1.82) is 0 Å². The minimum Gasteiger partial charge on any atom is -0.497 e. The molecule has 3 rings (SSSR count). The van der Waals surface area contributed by atoms with E-state index < -0.39 is 11.7 Å². The number of halogens is 1. The van der Waals surface area contributed by atoms with Crippen LogP contribution in [-0.2, 0) is 5.60 Å². The number of likely N-dealkylation sites (tertiary alicyclic amines) is 1. The molecule has 1 heterocycles. The topological polar surface area (TPSA) is 70.0 Å². The molecule has 1 saturated heterocycles. The second-order valence-corrected chi connectivity index (χ2v) is 6.55. The maximum atomic E-state index is 13.4. The van der Waals surface area contributed by atoms with Gasteiger partial charge in [0.1, 0.15) is 17.2 Å². The van der Waals surface area contributed by atoms with Crippen LogP contribution in [0, 0.1) is 11.7 Å². The highest BCUT2D eigenvalue weighted by atomic mass is 19.1. The lowest BCUT2D eigenvalue weighted by Crippen LogP contribution is -2.45. The number of amides is 1. The van der Waals surface area contributed by atoms with Crippen LogP contribution in [0.15, 0.2) is 48.5 Å². The summed E-state index contributed by atoms with van der Waals surface area (Å²) in [5, 5.41) is 20.9. The Morgan fingerprint density at radius 3 is 2.38 bits per heavy atom. The summed E-state index contributed by atoms with van der Waals surface area (Å²) in [6, 6.07) is 13.0. The Kier molecular flexibility index (Phi) is 5.13. The summed E-state index contributed by atoms with van der Waals surface area (Å²) < 4.78 is 18.7. The molecule has 2 aromatic carbocycles. The van der Waals surface area contributed by atoms with Gasteiger partial charge in [-0.2, -0.15) is 0 Å². The van der Waals surface area contributed by atoms with Crippen molar-refractivity contribution in [3.05, 3.63) is 65.5 Å². The maximum Gasteiger partial charge on any atom is 0.407 e. The van der Waals surface area contributed by atoms with Gasteiger partial charge >= 0.3 is 6.09 Å². The zero-order valence-corrected chi connectivity index (χ0v) is 14.6. The highest BCUT2D eigenvalue weighted by Gasteiger charge is 2.42. The van der Waals surface area contributed by atoms with Gasteiger partial charge < -0.3 is 19.8 Å². The summed E-state index contributed by atoms with van der Waals surface area (Å²) in [5.74, 6) is 0.0455. The van der Waals surface area contributed by atoms with Crippen molar-refractivity contribution in [1.82, 2.24) is 4.90 Å². The van der Waals surface area contributed by atoms with E-state index in [9.17, 15) is 14.3 Å². The molecule has 2 N–H and O–H groups in total. The van der Waals surface area contributed by atoms with Crippen LogP contribution in [0.1, 0.15) is 24.0 Å². The number of carbonyl (C=O) groups is 1. The quantitative estimate of drug-likeness (QED) is 0.877. The first-order chi connectivity index (χ1) is 12.4. The van der Waals surface area contributed by atoms with Gasteiger partial charge in [-0.25, -0.2) is 9.18 Å². The third-order valence-electron chi connectivity index (χ3n) is 5.15. The van der Waals surface area contributed by atoms with E-state index in [1.807, 2.05) is 6.07 Å². The van der Waals surface area contributed by atoms with Crippen molar-refractivity contribution < 1.29 is 24.1 Å². The molecule has 1 amide bonds. The van der Waals surface area contributed by atoms with Gasteiger partial charge in [-0.05, 0) is 54.2 Å². The molecule has 0 bridgehead atoms. The van der Waals surface area contributed by atoms with Crippen molar-refractivity contribution in [2.24, 2.45) is 5.92 Å². The molecule has 1 aliphatic heterocycles. The molecule has 1 unspecified atom stereocenters. The molecule has 26 heavy (non-hydrogen) atoms. The molecule has 6 heteroatoms. The van der Waals surface area contributed by atoms with Gasteiger partial charge in [0.25, 0.3) is 0 Å². The Bertz CT molecular complexity index is 772. The zero-order chi connectivity index (χ0) is 18.7. The molecule has 0 aliphatic carbocycles. The molecular formula is C20H22FNO4. The van der Waals surface area contributed by atoms with Gasteiger partial charge in [0.05, 0.1) is 7.11 Å². The number of ether oxygens (including phenoxy) is 1. The van der Waals surface area contributed by atoms with Crippen LogP contribution in [0.2, 0.25) is 0 Å². The molecule has 0 radical (unpaired) electrons. The highest BCUT2D eigenvalue weighted by Crippen LogP contribution is 2.42. The van der Waals surface area contributed by atoms with E-state index in [-0.39, 0.29) is 11.7 Å². The van der Waals surface area contributed by atoms with E-state index in [4.69, 9.17) is 9.84 Å². The normalized spacial score (nSPS) is 17.6. The minimum absolute atomic E-state index is 0.198. The number of hydrogen-bond donors (Lipinski definition) is 2. The second-order valence-electron chi connectivity index (χ2n) is 6.55. The third kappa shape index (κ3) is 3.37. The molecule has 1 fully saturated rings. The predicted molar refractivity (Wildman–Crippen MR) is 94.7 cm³/mol. The molecule has 1 aliphatic rings. The average Bonchev–Trinajstić information content (AvgIpc) is 2.68. The Hall–Kier alpha value is -2.60. The van der Waals surface area contributed by atoms with E-state index in [0.29, 0.717) is 42.8 Å². The van der Waals surface area contributed by atoms with E-state index in [2.05, 4.69) is 0 Å². The fourth-order valence-corrected chi connectivity index (χ4v) is 3.69. The van der Waals surface area contributed by atoms with Gasteiger partial charge in [0.15, 0.2) is 0 Å². The summed E-state index contributed by atoms with van der Waals surface area (Å²) in [5.41, 5.74) is -0.120. The van der Waals surface area contributed by atoms with Crippen LogP contribution in [-0.4, -0.2) is 41.4 Å². The second kappa shape index (κ2) is 7.33. The van der Waals surface area contributed by atoms with E-state index >= 15 is 0 Å². The lowest BCUT2D eigenvalue weighted by molar-refractivity contribution is -0.0122. The summed E-state index contributed by atoms with van der Waals surface area (Å²) in [6.45, 7) is 0.709. The fourth-order valence-electron chi connectivity index (χ4n) is 3.69. The van der Waals surface area contributed by atoms with Crippen molar-refractivity contribution in [2.75, 3.05) is 20.2 Å². The van der Waals surface area contributed by atoms with Crippen molar-refractivity contribution >= 4 is 6.09 Å². The zero-order valence-electron chi connectivity index (χ0n) is 14.6. The van der Waals surface area contributed by atoms with Crippen LogP contribution in [0.4, 0.5) is 9.18 Å². The molecule has 5 nitrogen and oxygen atoms in total. The number of benzene rings is 2. The van der Waals surface area contributed by atoms with Crippen LogP contribution in [0.25, 0.3) is 0 Å². The lowest BCUT2D eigenvalue weighted by Gasteiger charge is -2.41. The molecule has 2 aromatic rings. The number of piperidine rings is 1. The van der Waals surface area contributed by atoms with Gasteiger partial charge in [0, 0.05) is 13.1 Å². The number of methoxy groups -OCH3 is 1. The van der Waals surface area contributed by atoms with Gasteiger partial charge in [-0.3, -0.25) is 0 Å². The number of hydrogen-bond acceptors (Lipinski definition) is 3. The first-order valence-corrected chi connectivity index (χ1v) is 8.56. The monoisotopic (exact) mass is 359 g/mol. The van der Waals surface area contributed by atoms with Crippen LogP contribution in [0.5, 0.6) is 5.75 Å². The Morgan fingerprint density at radius 1 is 1.15 bits per heavy atom. The SMILES string of the molecule is COc1cccc(C(O)(c2ccc(F)cc2)C2CCN(C(=O)O)CC2)c1. The standard InChI is InChI=1S/C20H22FNO4/c1-26-18-4-2-3-16(13-18)20(25,14-5-7-17(21)8-6-14)15-9-11-22(12-10-15)19(23)24/h2-8,13,15,25H,9-12H2,1H3,(H,23,24). The smallest absolute Gasteiger partial charge is 0.407 e. The van der Waals surface area contributed by atoms with Crippen LogP contribution in [0.3, 0.4) is 0 Å². The maximum absolute atomic E-state index is 13.4. The Labute approximate surface area is 151 Å². The van der Waals surface area contributed by atoms with Crippen molar-refractivity contribution in [3.8, 4) is 5.75 Å². The molecule has 138 valence electrons. The molecule has 1 atom stereocenters. The average molecular weight is 359 g/mol. The third-order valence-corrected chi connectivity index (χ3v) is 5.15. The summed E-state index contributed by atoms with van der Waals surface area (Å²) >= 11 is 0. The predicted octanol–water partition coefficient (Wildman–Crippen LogP) is 3.46. The number of carboxylic acid groups (broad SMARTS) is 1. The molecular weight excluding hydrogens is 337 g/mol. The Morgan fingerprint density at radius 2 is 1.81 bits per heavy atom. The van der Waals surface area contributed by atoms with Crippen molar-refractivity contribution in [3.63, 3.8) is 0 Å². The fraction of sp³-hybridized carbons (Fsp3) is 0.350. The minimum atomic E-state index is -1.35. The van der Waals surface area contributed by atoms with E-state index in [1.165, 1.54) is 17.0 Å². The molecule has 0 spiro atoms. The highest BCUT2D eigenvalue weighted by molar-refractivity contribution is 5.65. The summed E-state index contributed by atoms with van der Waals surface area (Å²) in [7, 11) is 1.56. The largest absolute Gasteiger partial charge is 0.497 e. The lowest BCUT2D eigenvalue weighted by atomic mass is 9.72. The van der Waals surface area contributed by atoms with Gasteiger partial charge in [0.2, 0.25) is 0 Å². The van der Waals surface area contributed by atoms with Gasteiger partial charge in [-0.1, -0.05) is 24.3 Å². The Balaban J connectivity index is 2.01. The summed E-state index contributed by atoms with van der Waals surface area (Å²) in [4.78, 5) is 12.5. The number of rotatable bonds is 4. The molecule has 0 saturated carbocycles. The first-order valence-electron chi connectivity index (χ1n) is 8.56. The van der Waals surface area contributed by atoms with Crippen LogP contribution >= 0.6 is 0 Å².